The predicted octanol–water partition coefficient (Wildman–Crippen LogP) is 2.67. The van der Waals surface area contributed by atoms with Gasteiger partial charge in [-0.05, 0) is 36.5 Å². The minimum Gasteiger partial charge on any atom is -0.459 e. The molecule has 55 heavy (non-hydrogen) atoms. The number of ether oxygens (including phenoxy) is 8. The van der Waals surface area contributed by atoms with E-state index in [2.05, 4.69) is 0 Å². The van der Waals surface area contributed by atoms with Crippen molar-refractivity contribution >= 4 is 53.4 Å². The third-order valence-corrected chi connectivity index (χ3v) is 10.7. The maximum absolute atomic E-state index is 13.6. The van der Waals surface area contributed by atoms with E-state index in [0.29, 0.717) is 0 Å². The number of allylic oxidation sites excluding steroid dienone is 2. The first-order valence-corrected chi connectivity index (χ1v) is 18.7. The molecule has 2 heterocycles. The van der Waals surface area contributed by atoms with Crippen LogP contribution in [0, 0.1) is 29.1 Å². The maximum Gasteiger partial charge on any atom is 0.344 e. The van der Waals surface area contributed by atoms with Crippen molar-refractivity contribution in [3.05, 3.63) is 23.8 Å². The molecule has 2 aliphatic heterocycles. The molecular formula is C38H51ClO16. The van der Waals surface area contributed by atoms with Crippen LogP contribution in [-0.4, -0.2) is 114 Å². The first kappa shape index (κ1) is 43.7. The van der Waals surface area contributed by atoms with Crippen molar-refractivity contribution in [3.8, 4) is 0 Å². The molecule has 0 amide bonds. The van der Waals surface area contributed by atoms with Crippen LogP contribution in [-0.2, 0) is 71.5 Å². The number of carbonyl (C=O) groups excluding carboxylic acids is 7. The van der Waals surface area contributed by atoms with Gasteiger partial charge in [-0.2, -0.15) is 0 Å². The van der Waals surface area contributed by atoms with E-state index < -0.39 is 113 Å². The highest BCUT2D eigenvalue weighted by atomic mass is 35.5. The van der Waals surface area contributed by atoms with Crippen molar-refractivity contribution in [3.63, 3.8) is 0 Å². The Hall–Kier alpha value is -4.02. The van der Waals surface area contributed by atoms with E-state index in [1.807, 2.05) is 0 Å². The van der Waals surface area contributed by atoms with E-state index in [9.17, 15) is 38.7 Å². The topological polar surface area (TPSA) is 217 Å². The molecule has 3 fully saturated rings. The van der Waals surface area contributed by atoms with Crippen LogP contribution < -0.4 is 0 Å². The second-order valence-electron chi connectivity index (χ2n) is 15.6. The fourth-order valence-corrected chi connectivity index (χ4v) is 8.15. The van der Waals surface area contributed by atoms with E-state index in [1.54, 1.807) is 27.7 Å². The number of halogens is 1. The Labute approximate surface area is 324 Å². The molecule has 4 rings (SSSR count). The number of hydrogen-bond acceptors (Lipinski definition) is 16. The van der Waals surface area contributed by atoms with Crippen LogP contribution in [0.3, 0.4) is 0 Å². The van der Waals surface area contributed by atoms with Crippen molar-refractivity contribution in [1.82, 2.24) is 0 Å². The minimum absolute atomic E-state index is 0.0123. The molecule has 0 radical (unpaired) electrons. The monoisotopic (exact) mass is 798 g/mol. The Kier molecular flexibility index (Phi) is 13.5. The average molecular weight is 799 g/mol. The summed E-state index contributed by atoms with van der Waals surface area (Å²) in [4.78, 5) is 91.9. The molecule has 0 unspecified atom stereocenters. The van der Waals surface area contributed by atoms with Crippen molar-refractivity contribution in [2.24, 2.45) is 29.1 Å². The first-order chi connectivity index (χ1) is 25.6. The number of epoxide rings is 1. The van der Waals surface area contributed by atoms with Gasteiger partial charge >= 0.3 is 41.8 Å². The number of hydrogen-bond donors (Lipinski definition) is 1. The summed E-state index contributed by atoms with van der Waals surface area (Å²) in [7, 11) is 0. The van der Waals surface area contributed by atoms with Gasteiger partial charge in [-0.15, -0.1) is 11.6 Å². The number of rotatable bonds is 12. The van der Waals surface area contributed by atoms with Crippen molar-refractivity contribution in [2.75, 3.05) is 19.1 Å². The van der Waals surface area contributed by atoms with Gasteiger partial charge in [0.2, 0.25) is 0 Å². The molecule has 2 aliphatic carbocycles. The average Bonchev–Trinajstić information content (AvgIpc) is 3.82. The van der Waals surface area contributed by atoms with E-state index in [0.717, 1.165) is 20.8 Å². The molecule has 1 N–H and O–H groups in total. The Morgan fingerprint density at radius 2 is 1.42 bits per heavy atom. The third-order valence-electron chi connectivity index (χ3n) is 10.4. The molecule has 0 aromatic carbocycles. The maximum atomic E-state index is 13.6. The van der Waals surface area contributed by atoms with Crippen LogP contribution in [0.5, 0.6) is 0 Å². The fraction of sp³-hybridized carbons (Fsp3) is 0.711. The molecule has 306 valence electrons. The third kappa shape index (κ3) is 9.01. The highest BCUT2D eigenvalue weighted by Crippen LogP contribution is 2.63. The summed E-state index contributed by atoms with van der Waals surface area (Å²) in [6.07, 6.45) is -5.74. The normalized spacial score (nSPS) is 35.1. The lowest BCUT2D eigenvalue weighted by atomic mass is 9.51. The molecule has 4 aliphatic rings. The van der Waals surface area contributed by atoms with Crippen LogP contribution in [0.15, 0.2) is 23.8 Å². The number of fused-ring (bicyclic) bond motifs is 3. The highest BCUT2D eigenvalue weighted by molar-refractivity contribution is 6.19. The minimum atomic E-state index is -2.42. The van der Waals surface area contributed by atoms with Gasteiger partial charge in [0.15, 0.2) is 36.6 Å². The largest absolute Gasteiger partial charge is 0.459 e. The van der Waals surface area contributed by atoms with Crippen LogP contribution in [0.1, 0.15) is 75.2 Å². The molecule has 2 saturated heterocycles. The summed E-state index contributed by atoms with van der Waals surface area (Å²) in [6.45, 7) is 12.1. The van der Waals surface area contributed by atoms with E-state index in [-0.39, 0.29) is 42.7 Å². The Bertz CT molecular complexity index is 1600. The Morgan fingerprint density at radius 1 is 0.855 bits per heavy atom. The van der Waals surface area contributed by atoms with Crippen LogP contribution in [0.2, 0.25) is 0 Å². The van der Waals surface area contributed by atoms with E-state index >= 15 is 0 Å². The number of carbonyl (C=O) groups is 7. The van der Waals surface area contributed by atoms with Crippen molar-refractivity contribution in [1.29, 1.82) is 0 Å². The summed E-state index contributed by atoms with van der Waals surface area (Å²) in [6, 6.07) is 0. The predicted molar refractivity (Wildman–Crippen MR) is 189 cm³/mol. The molecule has 0 aromatic heterocycles. The van der Waals surface area contributed by atoms with Crippen molar-refractivity contribution in [2.45, 2.75) is 123 Å². The lowest BCUT2D eigenvalue weighted by Gasteiger charge is -2.59. The fourth-order valence-electron chi connectivity index (χ4n) is 7.97. The Morgan fingerprint density at radius 3 is 1.95 bits per heavy atom. The zero-order valence-electron chi connectivity index (χ0n) is 32.5. The number of aliphatic hydroxyl groups is 1. The highest BCUT2D eigenvalue weighted by Gasteiger charge is 2.81. The lowest BCUT2D eigenvalue weighted by Crippen LogP contribution is -2.76. The van der Waals surface area contributed by atoms with E-state index in [4.69, 9.17) is 49.5 Å². The van der Waals surface area contributed by atoms with Gasteiger partial charge in [-0.3, -0.25) is 28.8 Å². The standard InChI is InChI=1S/C38H51ClO16/c1-18(2)12-27(43)48-16-29(45)53-25-11-10-24(15-39)14-26-38(47,20(5)35(46)54-26)34(52-23(8)42)31-36(25,9)32(51-22(7)41)30(50-21(6)40)33(37(31)17-49-37)55-28(44)13-19(3)4/h10-11,14,18-20,25-26,30-34,47H,12-13,15-17H2,1-9H3/t20-,25-,26-,30+,31+,32-,33+,34-,36+,37-,38-/m0/s1. The number of alkyl halides is 1. The summed E-state index contributed by atoms with van der Waals surface area (Å²) in [5.74, 6) is -9.44. The molecule has 11 atom stereocenters. The molecule has 0 aromatic rings. The van der Waals surface area contributed by atoms with Gasteiger partial charge < -0.3 is 43.0 Å². The molecule has 16 nitrogen and oxygen atoms in total. The van der Waals surface area contributed by atoms with Crippen molar-refractivity contribution < 1.29 is 76.6 Å². The smallest absolute Gasteiger partial charge is 0.344 e. The zero-order chi connectivity index (χ0) is 41.2. The molecular weight excluding hydrogens is 748 g/mol. The van der Waals surface area contributed by atoms with Gasteiger partial charge in [-0.1, -0.05) is 40.7 Å². The second kappa shape index (κ2) is 17.0. The van der Waals surface area contributed by atoms with Gasteiger partial charge in [0, 0.05) is 45.4 Å². The van der Waals surface area contributed by atoms with Gasteiger partial charge in [0.25, 0.3) is 0 Å². The first-order valence-electron chi connectivity index (χ1n) is 18.2. The SMILES string of the molecule is CC(=O)O[C@H]1[C@@H](OC(=O)CC(C)C)[C@]2(CO2)[C@@H]2[C@H](OC(C)=O)[C@@]3(O)[C@H](C=C(CCl)C=C[C@H](OC(=O)COC(=O)CC(C)C)[C@@]2(C)[C@H]1OC(C)=O)OC(=O)[C@@H]3C. The number of esters is 7. The van der Waals surface area contributed by atoms with Crippen LogP contribution in [0.4, 0.5) is 0 Å². The summed E-state index contributed by atoms with van der Waals surface area (Å²) in [5, 5.41) is 12.9. The quantitative estimate of drug-likeness (QED) is 0.130. The van der Waals surface area contributed by atoms with Crippen LogP contribution in [0.25, 0.3) is 0 Å². The summed E-state index contributed by atoms with van der Waals surface area (Å²) >= 11 is 6.33. The molecule has 0 bridgehead atoms. The molecule has 1 spiro atoms. The zero-order valence-corrected chi connectivity index (χ0v) is 33.2. The van der Waals surface area contributed by atoms with Crippen LogP contribution >= 0.6 is 11.6 Å². The summed E-state index contributed by atoms with van der Waals surface area (Å²) < 4.78 is 47.0. The Balaban J connectivity index is 2.08. The molecule has 17 heteroatoms. The van der Waals surface area contributed by atoms with Gasteiger partial charge in [-0.25, -0.2) is 4.79 Å². The van der Waals surface area contributed by atoms with E-state index in [1.165, 1.54) is 32.1 Å². The second-order valence-corrected chi connectivity index (χ2v) is 15.9. The van der Waals surface area contributed by atoms with Gasteiger partial charge in [0.05, 0.1) is 17.9 Å². The lowest BCUT2D eigenvalue weighted by molar-refractivity contribution is -0.279. The van der Waals surface area contributed by atoms with Gasteiger partial charge in [0.1, 0.15) is 17.8 Å². The summed E-state index contributed by atoms with van der Waals surface area (Å²) in [5.41, 5.74) is -5.95. The molecule has 1 saturated carbocycles.